The van der Waals surface area contributed by atoms with Crippen LogP contribution in [0.4, 0.5) is 0 Å². The molecule has 1 unspecified atom stereocenters. The molecule has 1 atom stereocenters. The number of ketones is 1. The largest absolute Gasteiger partial charge is 0.384 e. The van der Waals surface area contributed by atoms with Gasteiger partial charge in [0.15, 0.2) is 5.78 Å². The Morgan fingerprint density at radius 3 is 2.41 bits per heavy atom. The van der Waals surface area contributed by atoms with E-state index in [9.17, 15) is 18.5 Å². The quantitative estimate of drug-likeness (QED) is 0.801. The van der Waals surface area contributed by atoms with E-state index in [-0.39, 0.29) is 29.5 Å². The number of benzene rings is 2. The summed E-state index contributed by atoms with van der Waals surface area (Å²) in [5.41, 5.74) is 7.99. The van der Waals surface area contributed by atoms with Crippen molar-refractivity contribution < 1.29 is 13.2 Å². The second-order valence-corrected chi connectivity index (χ2v) is 8.36. The summed E-state index contributed by atoms with van der Waals surface area (Å²) < 4.78 is 26.6. The zero-order chi connectivity index (χ0) is 19.6. The van der Waals surface area contributed by atoms with Gasteiger partial charge in [0.05, 0.1) is 29.9 Å². The van der Waals surface area contributed by atoms with Gasteiger partial charge in [-0.1, -0.05) is 60.2 Å². The van der Waals surface area contributed by atoms with Gasteiger partial charge >= 0.3 is 0 Å². The summed E-state index contributed by atoms with van der Waals surface area (Å²) in [6, 6.07) is 17.6. The standard InChI is InChI=1S/C20H19N3O3S/c1-14-7-9-16(10-8-14)19(24)18-12-23(20(22)17(18)11-21)27(25,26)13-15-5-3-2-4-6-15/h2-10,18H,12-13,22H2,1H3. The Kier molecular flexibility index (Phi) is 5.02. The fourth-order valence-electron chi connectivity index (χ4n) is 3.06. The molecular weight excluding hydrogens is 362 g/mol. The Morgan fingerprint density at radius 2 is 1.81 bits per heavy atom. The Balaban J connectivity index is 1.90. The summed E-state index contributed by atoms with van der Waals surface area (Å²) >= 11 is 0. The zero-order valence-electron chi connectivity index (χ0n) is 14.8. The molecule has 0 bridgehead atoms. The maximum atomic E-state index is 12.8. The van der Waals surface area contributed by atoms with Crippen LogP contribution in [0.15, 0.2) is 66.0 Å². The summed E-state index contributed by atoms with van der Waals surface area (Å²) in [5, 5.41) is 9.46. The van der Waals surface area contributed by atoms with Crippen LogP contribution >= 0.6 is 0 Å². The maximum absolute atomic E-state index is 12.8. The molecule has 0 aliphatic carbocycles. The van der Waals surface area contributed by atoms with Crippen molar-refractivity contribution in [3.8, 4) is 6.07 Å². The molecule has 1 heterocycles. The number of hydrogen-bond donors (Lipinski definition) is 1. The number of nitrogens with zero attached hydrogens (tertiary/aromatic N) is 2. The number of sulfonamides is 1. The first-order valence-corrected chi connectivity index (χ1v) is 9.99. The highest BCUT2D eigenvalue weighted by Crippen LogP contribution is 2.31. The van der Waals surface area contributed by atoms with E-state index in [2.05, 4.69) is 0 Å². The Hall–Kier alpha value is -3.11. The predicted octanol–water partition coefficient (Wildman–Crippen LogP) is 2.33. The van der Waals surface area contributed by atoms with Gasteiger partial charge in [-0.05, 0) is 12.5 Å². The molecule has 27 heavy (non-hydrogen) atoms. The van der Waals surface area contributed by atoms with Gasteiger partial charge in [-0.15, -0.1) is 0 Å². The number of aryl methyl sites for hydroxylation is 1. The van der Waals surface area contributed by atoms with Crippen LogP contribution in [0, 0.1) is 24.2 Å². The molecule has 2 aromatic rings. The summed E-state index contributed by atoms with van der Waals surface area (Å²) in [5.74, 6) is -1.63. The fraction of sp³-hybridized carbons (Fsp3) is 0.200. The molecule has 1 aliphatic rings. The van der Waals surface area contributed by atoms with Crippen LogP contribution in [-0.4, -0.2) is 25.1 Å². The van der Waals surface area contributed by atoms with Gasteiger partial charge in [0.2, 0.25) is 10.0 Å². The molecule has 0 amide bonds. The van der Waals surface area contributed by atoms with Crippen molar-refractivity contribution in [3.05, 3.63) is 82.7 Å². The average molecular weight is 381 g/mol. The lowest BCUT2D eigenvalue weighted by Gasteiger charge is -2.20. The first-order valence-electron chi connectivity index (χ1n) is 8.38. The molecule has 3 rings (SSSR count). The molecule has 0 fully saturated rings. The van der Waals surface area contributed by atoms with Crippen LogP contribution in [-0.2, 0) is 15.8 Å². The van der Waals surface area contributed by atoms with E-state index < -0.39 is 15.9 Å². The minimum absolute atomic E-state index is 0.00258. The number of Topliss-reactive ketones (excluding diaryl/α,β-unsaturated/α-hetero) is 1. The highest BCUT2D eigenvalue weighted by atomic mass is 32.2. The van der Waals surface area contributed by atoms with Crippen molar-refractivity contribution in [1.29, 1.82) is 5.26 Å². The third-order valence-corrected chi connectivity index (χ3v) is 6.26. The minimum atomic E-state index is -3.81. The summed E-state index contributed by atoms with van der Waals surface area (Å²) in [4.78, 5) is 12.8. The van der Waals surface area contributed by atoms with Crippen LogP contribution in [0.3, 0.4) is 0 Å². The number of carbonyl (C=O) groups is 1. The number of hydrogen-bond acceptors (Lipinski definition) is 5. The molecule has 0 saturated carbocycles. The normalized spacial score (nSPS) is 17.0. The highest BCUT2D eigenvalue weighted by Gasteiger charge is 2.40. The smallest absolute Gasteiger partial charge is 0.240 e. The van der Waals surface area contributed by atoms with Crippen molar-refractivity contribution in [2.24, 2.45) is 11.7 Å². The van der Waals surface area contributed by atoms with Gasteiger partial charge in [0.1, 0.15) is 5.82 Å². The number of rotatable bonds is 5. The van der Waals surface area contributed by atoms with Crippen LogP contribution in [0.1, 0.15) is 21.5 Å². The van der Waals surface area contributed by atoms with E-state index in [0.29, 0.717) is 11.1 Å². The fourth-order valence-corrected chi connectivity index (χ4v) is 4.61. The lowest BCUT2D eigenvalue weighted by molar-refractivity contribution is 0.0942. The second kappa shape index (κ2) is 7.25. The van der Waals surface area contributed by atoms with Gasteiger partial charge in [-0.25, -0.2) is 8.42 Å². The van der Waals surface area contributed by atoms with E-state index in [1.807, 2.05) is 13.0 Å². The van der Waals surface area contributed by atoms with Crippen LogP contribution in [0.2, 0.25) is 0 Å². The molecular formula is C20H19N3O3S. The molecule has 1 aliphatic heterocycles. The molecule has 0 radical (unpaired) electrons. The van der Waals surface area contributed by atoms with Crippen LogP contribution in [0.5, 0.6) is 0 Å². The minimum Gasteiger partial charge on any atom is -0.384 e. The van der Waals surface area contributed by atoms with Crippen molar-refractivity contribution in [2.45, 2.75) is 12.7 Å². The van der Waals surface area contributed by atoms with E-state index in [1.54, 1.807) is 54.6 Å². The Morgan fingerprint density at radius 1 is 1.19 bits per heavy atom. The van der Waals surface area contributed by atoms with Crippen LogP contribution in [0.25, 0.3) is 0 Å². The van der Waals surface area contributed by atoms with Crippen molar-refractivity contribution in [1.82, 2.24) is 4.31 Å². The Bertz CT molecular complexity index is 1040. The zero-order valence-corrected chi connectivity index (χ0v) is 15.6. The van der Waals surface area contributed by atoms with Crippen molar-refractivity contribution in [2.75, 3.05) is 6.54 Å². The number of nitriles is 1. The number of nitrogens with two attached hydrogens (primary N) is 1. The van der Waals surface area contributed by atoms with Gasteiger partial charge < -0.3 is 5.73 Å². The van der Waals surface area contributed by atoms with E-state index in [1.165, 1.54) is 0 Å². The van der Waals surface area contributed by atoms with E-state index in [0.717, 1.165) is 9.87 Å². The third kappa shape index (κ3) is 3.71. The summed E-state index contributed by atoms with van der Waals surface area (Å²) in [7, 11) is -3.81. The molecule has 0 saturated heterocycles. The lowest BCUT2D eigenvalue weighted by Crippen LogP contribution is -2.34. The van der Waals surface area contributed by atoms with Gasteiger partial charge in [-0.2, -0.15) is 5.26 Å². The van der Waals surface area contributed by atoms with Gasteiger partial charge in [0.25, 0.3) is 0 Å². The molecule has 0 aromatic heterocycles. The third-order valence-electron chi connectivity index (χ3n) is 4.54. The lowest BCUT2D eigenvalue weighted by atomic mass is 9.92. The highest BCUT2D eigenvalue weighted by molar-refractivity contribution is 7.88. The summed E-state index contributed by atoms with van der Waals surface area (Å²) in [6.07, 6.45) is 0. The van der Waals surface area contributed by atoms with Gasteiger partial charge in [0, 0.05) is 5.56 Å². The number of carbonyl (C=O) groups excluding carboxylic acids is 1. The molecule has 7 heteroatoms. The van der Waals surface area contributed by atoms with Crippen molar-refractivity contribution in [3.63, 3.8) is 0 Å². The van der Waals surface area contributed by atoms with E-state index in [4.69, 9.17) is 5.73 Å². The molecule has 0 spiro atoms. The second-order valence-electron chi connectivity index (χ2n) is 6.47. The molecule has 2 N–H and O–H groups in total. The topological polar surface area (TPSA) is 104 Å². The maximum Gasteiger partial charge on any atom is 0.240 e. The molecule has 6 nitrogen and oxygen atoms in total. The first kappa shape index (κ1) is 18.7. The first-order chi connectivity index (χ1) is 12.8. The summed E-state index contributed by atoms with van der Waals surface area (Å²) in [6.45, 7) is 1.75. The Labute approximate surface area is 158 Å². The monoisotopic (exact) mass is 381 g/mol. The van der Waals surface area contributed by atoms with E-state index >= 15 is 0 Å². The molecule has 2 aromatic carbocycles. The average Bonchev–Trinajstić information content (AvgIpc) is 2.99. The van der Waals surface area contributed by atoms with Crippen molar-refractivity contribution >= 4 is 15.8 Å². The van der Waals surface area contributed by atoms with Crippen LogP contribution < -0.4 is 5.73 Å². The SMILES string of the molecule is Cc1ccc(C(=O)C2CN(S(=O)(=O)Cc3ccccc3)C(N)=C2C#N)cc1. The predicted molar refractivity (Wildman–Crippen MR) is 102 cm³/mol. The molecule has 138 valence electrons. The van der Waals surface area contributed by atoms with Gasteiger partial charge in [-0.3, -0.25) is 9.10 Å².